The molecule has 0 saturated carbocycles. The molecule has 4 heteroatoms. The normalized spacial score (nSPS) is 14.3. The third-order valence-electron chi connectivity index (χ3n) is 3.03. The number of carbonyl (C=O) groups is 1. The second-order valence-electron chi connectivity index (χ2n) is 4.08. The molecule has 0 aliphatic carbocycles. The van der Waals surface area contributed by atoms with E-state index >= 15 is 0 Å². The third-order valence-corrected chi connectivity index (χ3v) is 3.03. The number of nitrogens with one attached hydrogen (secondary N) is 1. The van der Waals surface area contributed by atoms with Crippen LogP contribution in [0.15, 0.2) is 24.4 Å². The Kier molecular flexibility index (Phi) is 2.21. The SMILES string of the molecule is COc1ccc2cnc3c(c2c1)NC(=O)CC3. The van der Waals surface area contributed by atoms with Gasteiger partial charge >= 0.3 is 0 Å². The van der Waals surface area contributed by atoms with Gasteiger partial charge in [-0.3, -0.25) is 9.78 Å². The minimum absolute atomic E-state index is 0.0506. The predicted molar refractivity (Wildman–Crippen MR) is 65.2 cm³/mol. The van der Waals surface area contributed by atoms with Crippen LogP contribution in [0.2, 0.25) is 0 Å². The van der Waals surface area contributed by atoms with Crippen LogP contribution < -0.4 is 10.1 Å². The van der Waals surface area contributed by atoms with Crippen LogP contribution in [-0.4, -0.2) is 18.0 Å². The third kappa shape index (κ3) is 1.62. The molecule has 0 saturated heterocycles. The number of carbonyl (C=O) groups excluding carboxylic acids is 1. The zero-order valence-electron chi connectivity index (χ0n) is 9.49. The predicted octanol–water partition coefficient (Wildman–Crippen LogP) is 2.13. The molecule has 1 aliphatic heterocycles. The summed E-state index contributed by atoms with van der Waals surface area (Å²) in [6.07, 6.45) is 3.05. The van der Waals surface area contributed by atoms with Gasteiger partial charge < -0.3 is 10.1 Å². The van der Waals surface area contributed by atoms with Crippen molar-refractivity contribution in [1.29, 1.82) is 0 Å². The molecule has 1 aromatic heterocycles. The van der Waals surface area contributed by atoms with Gasteiger partial charge in [-0.2, -0.15) is 0 Å². The van der Waals surface area contributed by atoms with Crippen molar-refractivity contribution in [3.05, 3.63) is 30.1 Å². The molecule has 0 spiro atoms. The van der Waals surface area contributed by atoms with E-state index in [2.05, 4.69) is 10.3 Å². The van der Waals surface area contributed by atoms with E-state index < -0.39 is 0 Å². The molecule has 1 aliphatic rings. The molecule has 0 atom stereocenters. The summed E-state index contributed by atoms with van der Waals surface area (Å²) in [4.78, 5) is 15.8. The van der Waals surface area contributed by atoms with E-state index in [1.165, 1.54) is 0 Å². The van der Waals surface area contributed by atoms with Crippen molar-refractivity contribution >= 4 is 22.4 Å². The van der Waals surface area contributed by atoms with E-state index in [0.29, 0.717) is 12.8 Å². The Morgan fingerprint density at radius 2 is 2.24 bits per heavy atom. The average molecular weight is 228 g/mol. The number of nitrogens with zero attached hydrogens (tertiary/aromatic N) is 1. The minimum atomic E-state index is 0.0506. The van der Waals surface area contributed by atoms with Gasteiger partial charge in [0.1, 0.15) is 5.75 Å². The van der Waals surface area contributed by atoms with E-state index in [-0.39, 0.29) is 5.91 Å². The van der Waals surface area contributed by atoms with E-state index in [9.17, 15) is 4.79 Å². The number of benzene rings is 1. The van der Waals surface area contributed by atoms with Crippen LogP contribution in [0.25, 0.3) is 10.8 Å². The van der Waals surface area contributed by atoms with E-state index in [4.69, 9.17) is 4.74 Å². The fraction of sp³-hybridized carbons (Fsp3) is 0.231. The Morgan fingerprint density at radius 1 is 1.35 bits per heavy atom. The molecule has 86 valence electrons. The molecule has 3 rings (SSSR count). The lowest BCUT2D eigenvalue weighted by molar-refractivity contribution is -0.116. The number of amides is 1. The first kappa shape index (κ1) is 10.1. The van der Waals surface area contributed by atoms with Crippen molar-refractivity contribution in [3.63, 3.8) is 0 Å². The number of aryl methyl sites for hydroxylation is 1. The second-order valence-corrected chi connectivity index (χ2v) is 4.08. The summed E-state index contributed by atoms with van der Waals surface area (Å²) in [6, 6.07) is 5.77. The molecule has 0 fully saturated rings. The number of hydrogen-bond donors (Lipinski definition) is 1. The molecule has 1 aromatic carbocycles. The molecule has 1 N–H and O–H groups in total. The van der Waals surface area contributed by atoms with Crippen LogP contribution in [0, 0.1) is 0 Å². The van der Waals surface area contributed by atoms with Gasteiger partial charge in [0, 0.05) is 29.8 Å². The Labute approximate surface area is 98.6 Å². The van der Waals surface area contributed by atoms with Crippen LogP contribution in [0.1, 0.15) is 12.1 Å². The van der Waals surface area contributed by atoms with E-state index in [0.717, 1.165) is 27.9 Å². The molecule has 0 bridgehead atoms. The largest absolute Gasteiger partial charge is 0.497 e. The van der Waals surface area contributed by atoms with Crippen molar-refractivity contribution < 1.29 is 9.53 Å². The van der Waals surface area contributed by atoms with Gasteiger partial charge in [-0.1, -0.05) is 0 Å². The lowest BCUT2D eigenvalue weighted by Gasteiger charge is -2.18. The molecule has 4 nitrogen and oxygen atoms in total. The fourth-order valence-corrected chi connectivity index (χ4v) is 2.12. The molecular weight excluding hydrogens is 216 g/mol. The van der Waals surface area contributed by atoms with Crippen molar-refractivity contribution in [2.45, 2.75) is 12.8 Å². The summed E-state index contributed by atoms with van der Waals surface area (Å²) < 4.78 is 5.21. The summed E-state index contributed by atoms with van der Waals surface area (Å²) in [7, 11) is 1.63. The van der Waals surface area contributed by atoms with Gasteiger partial charge in [0.2, 0.25) is 5.91 Å². The highest BCUT2D eigenvalue weighted by atomic mass is 16.5. The Bertz CT molecular complexity index is 602. The van der Waals surface area contributed by atoms with Crippen LogP contribution in [0.4, 0.5) is 5.69 Å². The molecule has 17 heavy (non-hydrogen) atoms. The number of ether oxygens (including phenoxy) is 1. The van der Waals surface area contributed by atoms with Crippen molar-refractivity contribution in [3.8, 4) is 5.75 Å². The van der Waals surface area contributed by atoms with Gasteiger partial charge in [0.15, 0.2) is 0 Å². The number of hydrogen-bond acceptors (Lipinski definition) is 3. The summed E-state index contributed by atoms with van der Waals surface area (Å²) in [5.41, 5.74) is 1.78. The Hall–Kier alpha value is -2.10. The summed E-state index contributed by atoms with van der Waals surface area (Å²) >= 11 is 0. The minimum Gasteiger partial charge on any atom is -0.497 e. The highest BCUT2D eigenvalue weighted by molar-refractivity contribution is 6.04. The Balaban J connectivity index is 2.27. The lowest BCUT2D eigenvalue weighted by Crippen LogP contribution is -2.20. The fourth-order valence-electron chi connectivity index (χ4n) is 2.12. The van der Waals surface area contributed by atoms with Crippen LogP contribution >= 0.6 is 0 Å². The summed E-state index contributed by atoms with van der Waals surface area (Å²) in [5, 5.41) is 4.89. The summed E-state index contributed by atoms with van der Waals surface area (Å²) in [5.74, 6) is 0.834. The second kappa shape index (κ2) is 3.73. The first-order valence-corrected chi connectivity index (χ1v) is 5.53. The first-order chi connectivity index (χ1) is 8.28. The smallest absolute Gasteiger partial charge is 0.224 e. The van der Waals surface area contributed by atoms with Crippen LogP contribution in [-0.2, 0) is 11.2 Å². The number of pyridine rings is 1. The van der Waals surface area contributed by atoms with E-state index in [1.807, 2.05) is 24.4 Å². The van der Waals surface area contributed by atoms with E-state index in [1.54, 1.807) is 7.11 Å². The molecular formula is C13H12N2O2. The molecule has 0 unspecified atom stereocenters. The summed E-state index contributed by atoms with van der Waals surface area (Å²) in [6.45, 7) is 0. The highest BCUT2D eigenvalue weighted by Crippen LogP contribution is 2.31. The molecule has 0 radical (unpaired) electrons. The topological polar surface area (TPSA) is 51.2 Å². The standard InChI is InChI=1S/C13H12N2O2/c1-17-9-3-2-8-7-14-11-4-5-12(16)15-13(11)10(8)6-9/h2-3,6-7H,4-5H2,1H3,(H,15,16). The lowest BCUT2D eigenvalue weighted by atomic mass is 10.0. The quantitative estimate of drug-likeness (QED) is 0.813. The zero-order valence-corrected chi connectivity index (χ0v) is 9.49. The average Bonchev–Trinajstić information content (AvgIpc) is 2.38. The molecule has 2 aromatic rings. The maximum Gasteiger partial charge on any atom is 0.224 e. The molecule has 1 amide bonds. The monoisotopic (exact) mass is 228 g/mol. The number of fused-ring (bicyclic) bond motifs is 3. The zero-order chi connectivity index (χ0) is 11.8. The van der Waals surface area contributed by atoms with Gasteiger partial charge in [-0.05, 0) is 18.2 Å². The van der Waals surface area contributed by atoms with Gasteiger partial charge in [0.25, 0.3) is 0 Å². The molecule has 2 heterocycles. The number of aromatic nitrogens is 1. The maximum absolute atomic E-state index is 11.5. The van der Waals surface area contributed by atoms with Crippen molar-refractivity contribution in [2.75, 3.05) is 12.4 Å². The van der Waals surface area contributed by atoms with Crippen LogP contribution in [0.5, 0.6) is 5.75 Å². The van der Waals surface area contributed by atoms with Gasteiger partial charge in [0.05, 0.1) is 18.5 Å². The Morgan fingerprint density at radius 3 is 3.06 bits per heavy atom. The number of methoxy groups -OCH3 is 1. The first-order valence-electron chi connectivity index (χ1n) is 5.53. The van der Waals surface area contributed by atoms with Gasteiger partial charge in [-0.25, -0.2) is 0 Å². The van der Waals surface area contributed by atoms with Crippen LogP contribution in [0.3, 0.4) is 0 Å². The van der Waals surface area contributed by atoms with Gasteiger partial charge in [-0.15, -0.1) is 0 Å². The van der Waals surface area contributed by atoms with Crippen molar-refractivity contribution in [1.82, 2.24) is 4.98 Å². The number of anilines is 1. The highest BCUT2D eigenvalue weighted by Gasteiger charge is 2.18. The number of rotatable bonds is 1. The maximum atomic E-state index is 11.5. The van der Waals surface area contributed by atoms with Crippen molar-refractivity contribution in [2.24, 2.45) is 0 Å².